The summed E-state index contributed by atoms with van der Waals surface area (Å²) in [4.78, 5) is 22.6. The van der Waals surface area contributed by atoms with Crippen LogP contribution < -0.4 is 0 Å². The van der Waals surface area contributed by atoms with Gasteiger partial charge in [0.25, 0.3) is 0 Å². The zero-order valence-corrected chi connectivity index (χ0v) is 8.00. The first-order valence-electron chi connectivity index (χ1n) is 4.54. The molecule has 0 aliphatic rings. The zero-order valence-electron chi connectivity index (χ0n) is 8.00. The summed E-state index contributed by atoms with van der Waals surface area (Å²) in [5.74, 6) is 0.644. The Labute approximate surface area is 87.0 Å². The minimum Gasteiger partial charge on any atom is -0.296 e. The normalized spacial score (nSPS) is 9.87. The molecule has 4 heteroatoms. The Hall–Kier alpha value is -2.10. The number of carbonyl (C=O) groups excluding carboxylic acids is 1. The summed E-state index contributed by atoms with van der Waals surface area (Å²) in [6.07, 6.45) is 6.37. The van der Waals surface area contributed by atoms with Gasteiger partial charge in [-0.05, 0) is 23.8 Å². The van der Waals surface area contributed by atoms with Crippen LogP contribution in [-0.2, 0) is 6.42 Å². The predicted octanol–water partition coefficient (Wildman–Crippen LogP) is 1.27. The minimum absolute atomic E-state index is 0.411. The van der Waals surface area contributed by atoms with Crippen molar-refractivity contribution < 1.29 is 4.79 Å². The predicted molar refractivity (Wildman–Crippen MR) is 54.5 cm³/mol. The van der Waals surface area contributed by atoms with Crippen molar-refractivity contribution in [3.63, 3.8) is 0 Å². The van der Waals surface area contributed by atoms with E-state index in [2.05, 4.69) is 15.0 Å². The summed E-state index contributed by atoms with van der Waals surface area (Å²) in [7, 11) is 0. The second-order valence-electron chi connectivity index (χ2n) is 3.05. The van der Waals surface area contributed by atoms with E-state index in [1.54, 1.807) is 24.7 Å². The van der Waals surface area contributed by atoms with Crippen molar-refractivity contribution in [3.8, 4) is 0 Å². The molecule has 0 bridgehead atoms. The van der Waals surface area contributed by atoms with Crippen LogP contribution in [0.2, 0.25) is 0 Å². The molecule has 0 amide bonds. The van der Waals surface area contributed by atoms with Gasteiger partial charge >= 0.3 is 0 Å². The van der Waals surface area contributed by atoms with Gasteiger partial charge < -0.3 is 0 Å². The third kappa shape index (κ3) is 2.43. The Bertz CT molecular complexity index is 456. The van der Waals surface area contributed by atoms with Gasteiger partial charge in [0.05, 0.1) is 0 Å². The van der Waals surface area contributed by atoms with Gasteiger partial charge in [0, 0.05) is 25.0 Å². The molecule has 0 saturated heterocycles. The molecule has 0 aliphatic heterocycles. The summed E-state index contributed by atoms with van der Waals surface area (Å²) in [6.45, 7) is 0. The molecule has 0 spiro atoms. The molecule has 2 aromatic heterocycles. The maximum atomic E-state index is 10.5. The molecule has 0 aliphatic carbocycles. The van der Waals surface area contributed by atoms with Crippen molar-refractivity contribution in [2.24, 2.45) is 0 Å². The maximum absolute atomic E-state index is 10.5. The van der Waals surface area contributed by atoms with Gasteiger partial charge in [-0.2, -0.15) is 0 Å². The lowest BCUT2D eigenvalue weighted by atomic mass is 10.2. The number of hydrogen-bond donors (Lipinski definition) is 0. The topological polar surface area (TPSA) is 55.7 Å². The van der Waals surface area contributed by atoms with Crippen LogP contribution >= 0.6 is 0 Å². The van der Waals surface area contributed by atoms with E-state index in [0.29, 0.717) is 17.9 Å². The summed E-state index contributed by atoms with van der Waals surface area (Å²) < 4.78 is 0. The van der Waals surface area contributed by atoms with Gasteiger partial charge in [0.1, 0.15) is 11.5 Å². The fourth-order valence-corrected chi connectivity index (χ4v) is 1.25. The van der Waals surface area contributed by atoms with Gasteiger partial charge in [-0.15, -0.1) is 0 Å². The molecule has 0 radical (unpaired) electrons. The monoisotopic (exact) mass is 199 g/mol. The molecular weight excluding hydrogens is 190 g/mol. The minimum atomic E-state index is 0.411. The quantitative estimate of drug-likeness (QED) is 0.698. The molecule has 0 unspecified atom stereocenters. The Morgan fingerprint density at radius 1 is 1.13 bits per heavy atom. The van der Waals surface area contributed by atoms with Crippen molar-refractivity contribution in [1.82, 2.24) is 15.0 Å². The molecule has 0 N–H and O–H groups in total. The van der Waals surface area contributed by atoms with Crippen LogP contribution in [0.15, 0.2) is 36.8 Å². The van der Waals surface area contributed by atoms with Crippen molar-refractivity contribution in [2.75, 3.05) is 0 Å². The van der Waals surface area contributed by atoms with Crippen LogP contribution in [-0.4, -0.2) is 21.2 Å². The first-order chi connectivity index (χ1) is 7.38. The van der Waals surface area contributed by atoms with Gasteiger partial charge in [0.15, 0.2) is 6.29 Å². The number of pyridine rings is 1. The van der Waals surface area contributed by atoms with Crippen molar-refractivity contribution in [3.05, 3.63) is 53.9 Å². The Kier molecular flexibility index (Phi) is 2.78. The number of aromatic nitrogens is 3. The summed E-state index contributed by atoms with van der Waals surface area (Å²) in [6, 6.07) is 5.39. The van der Waals surface area contributed by atoms with E-state index in [-0.39, 0.29) is 0 Å². The Morgan fingerprint density at radius 3 is 2.67 bits per heavy atom. The van der Waals surface area contributed by atoms with Gasteiger partial charge in [-0.3, -0.25) is 9.78 Å². The summed E-state index contributed by atoms with van der Waals surface area (Å²) in [5.41, 5.74) is 1.49. The molecule has 15 heavy (non-hydrogen) atoms. The second kappa shape index (κ2) is 4.41. The average molecular weight is 199 g/mol. The van der Waals surface area contributed by atoms with Gasteiger partial charge in [0.2, 0.25) is 0 Å². The average Bonchev–Trinajstić information content (AvgIpc) is 2.31. The summed E-state index contributed by atoms with van der Waals surface area (Å²) >= 11 is 0. The molecule has 0 fully saturated rings. The Balaban J connectivity index is 2.21. The third-order valence-electron chi connectivity index (χ3n) is 1.96. The SMILES string of the molecule is O=Cc1ccnc(Cc2ccncc2)n1. The van der Waals surface area contributed by atoms with Gasteiger partial charge in [-0.1, -0.05) is 0 Å². The highest BCUT2D eigenvalue weighted by molar-refractivity contribution is 5.71. The molecule has 2 heterocycles. The van der Waals surface area contributed by atoms with Crippen molar-refractivity contribution in [1.29, 1.82) is 0 Å². The number of aldehydes is 1. The van der Waals surface area contributed by atoms with E-state index in [0.717, 1.165) is 11.8 Å². The van der Waals surface area contributed by atoms with E-state index in [4.69, 9.17) is 0 Å². The molecule has 0 atom stereocenters. The van der Waals surface area contributed by atoms with E-state index in [1.165, 1.54) is 0 Å². The zero-order chi connectivity index (χ0) is 10.5. The molecule has 0 aromatic carbocycles. The van der Waals surface area contributed by atoms with Crippen LogP contribution in [0, 0.1) is 0 Å². The van der Waals surface area contributed by atoms with Gasteiger partial charge in [-0.25, -0.2) is 9.97 Å². The van der Waals surface area contributed by atoms with Crippen LogP contribution in [0.3, 0.4) is 0 Å². The first-order valence-corrected chi connectivity index (χ1v) is 4.54. The van der Waals surface area contributed by atoms with Crippen LogP contribution in [0.4, 0.5) is 0 Å². The van der Waals surface area contributed by atoms with Crippen LogP contribution in [0.5, 0.6) is 0 Å². The van der Waals surface area contributed by atoms with Crippen LogP contribution in [0.1, 0.15) is 21.9 Å². The molecule has 2 rings (SSSR count). The fraction of sp³-hybridized carbons (Fsp3) is 0.0909. The molecule has 2 aromatic rings. The number of nitrogens with zero attached hydrogens (tertiary/aromatic N) is 3. The van der Waals surface area contributed by atoms with Crippen molar-refractivity contribution in [2.45, 2.75) is 6.42 Å². The number of hydrogen-bond acceptors (Lipinski definition) is 4. The number of rotatable bonds is 3. The largest absolute Gasteiger partial charge is 0.296 e. The highest BCUT2D eigenvalue weighted by Gasteiger charge is 1.99. The lowest BCUT2D eigenvalue weighted by molar-refractivity contribution is 0.111. The third-order valence-corrected chi connectivity index (χ3v) is 1.96. The summed E-state index contributed by atoms with van der Waals surface area (Å²) in [5, 5.41) is 0. The fourth-order valence-electron chi connectivity index (χ4n) is 1.25. The molecule has 4 nitrogen and oxygen atoms in total. The highest BCUT2D eigenvalue weighted by atomic mass is 16.1. The van der Waals surface area contributed by atoms with E-state index >= 15 is 0 Å². The van der Waals surface area contributed by atoms with Crippen LogP contribution in [0.25, 0.3) is 0 Å². The van der Waals surface area contributed by atoms with E-state index < -0.39 is 0 Å². The van der Waals surface area contributed by atoms with Crippen molar-refractivity contribution >= 4 is 6.29 Å². The maximum Gasteiger partial charge on any atom is 0.168 e. The lowest BCUT2D eigenvalue weighted by Crippen LogP contribution is -1.99. The Morgan fingerprint density at radius 2 is 1.93 bits per heavy atom. The molecular formula is C11H9N3O. The lowest BCUT2D eigenvalue weighted by Gasteiger charge is -1.99. The molecule has 0 saturated carbocycles. The highest BCUT2D eigenvalue weighted by Crippen LogP contribution is 2.03. The number of carbonyl (C=O) groups is 1. The standard InChI is InChI=1S/C11H9N3O/c15-8-10-3-6-13-11(14-10)7-9-1-4-12-5-2-9/h1-6,8H,7H2. The second-order valence-corrected chi connectivity index (χ2v) is 3.05. The molecule has 74 valence electrons. The first kappa shape index (κ1) is 9.45. The van der Waals surface area contributed by atoms with E-state index in [1.807, 2.05) is 12.1 Å². The smallest absolute Gasteiger partial charge is 0.168 e. The van der Waals surface area contributed by atoms with E-state index in [9.17, 15) is 4.79 Å².